The summed E-state index contributed by atoms with van der Waals surface area (Å²) in [6.07, 6.45) is -5.00. The number of aliphatic hydroxyl groups is 4. The Morgan fingerprint density at radius 2 is 1.95 bits per heavy atom. The monoisotopic (exact) mass is 329 g/mol. The molecule has 8 heteroatoms. The van der Waals surface area contributed by atoms with E-state index in [4.69, 9.17) is 26.2 Å². The Hall–Kier alpha value is -1.35. The van der Waals surface area contributed by atoms with Gasteiger partial charge in [-0.2, -0.15) is 0 Å². The van der Waals surface area contributed by atoms with Crippen molar-refractivity contribution in [3.05, 3.63) is 29.4 Å². The number of aliphatic hydroxyl groups excluding tert-OH is 4. The van der Waals surface area contributed by atoms with Gasteiger partial charge in [0.15, 0.2) is 0 Å². The SMILES string of the molecule is OC[C@H]1O[C@H](Oc2c[nH]c3cc(Cl)ccc23)[C@H](O)[C@@H](O)[C@H]1O. The standard InChI is InChI=1S/C14H16ClNO6/c15-6-1-2-7-8(3-6)16-4-9(7)21-14-13(20)12(19)11(18)10(5-17)22-14/h1-4,10-14,16-20H,5H2/t10-,11+,12+,13-,14+/m1/s1. The molecule has 1 fully saturated rings. The van der Waals surface area contributed by atoms with Gasteiger partial charge in [0, 0.05) is 16.6 Å². The maximum atomic E-state index is 9.96. The first kappa shape index (κ1) is 15.5. The first-order chi connectivity index (χ1) is 10.5. The maximum Gasteiger partial charge on any atom is 0.229 e. The van der Waals surface area contributed by atoms with Gasteiger partial charge in [-0.05, 0) is 18.2 Å². The Balaban J connectivity index is 1.84. The number of aromatic nitrogens is 1. The molecule has 1 aromatic carbocycles. The lowest BCUT2D eigenvalue weighted by Gasteiger charge is -2.39. The van der Waals surface area contributed by atoms with Crippen LogP contribution in [0.5, 0.6) is 5.75 Å². The quantitative estimate of drug-likeness (QED) is 0.541. The summed E-state index contributed by atoms with van der Waals surface area (Å²) >= 11 is 5.90. The second kappa shape index (κ2) is 6.04. The number of ether oxygens (including phenoxy) is 2. The highest BCUT2D eigenvalue weighted by Gasteiger charge is 2.44. The molecule has 0 aliphatic carbocycles. The lowest BCUT2D eigenvalue weighted by Crippen LogP contribution is -2.60. The van der Waals surface area contributed by atoms with E-state index < -0.39 is 37.3 Å². The first-order valence-electron chi connectivity index (χ1n) is 6.75. The van der Waals surface area contributed by atoms with Gasteiger partial charge in [-0.15, -0.1) is 0 Å². The van der Waals surface area contributed by atoms with Gasteiger partial charge in [-0.25, -0.2) is 0 Å². The molecule has 120 valence electrons. The summed E-state index contributed by atoms with van der Waals surface area (Å²) in [6.45, 7) is -0.506. The van der Waals surface area contributed by atoms with Gasteiger partial charge in [0.1, 0.15) is 30.2 Å². The molecular weight excluding hydrogens is 314 g/mol. The van der Waals surface area contributed by atoms with Crippen LogP contribution in [-0.2, 0) is 4.74 Å². The number of fused-ring (bicyclic) bond motifs is 1. The average molecular weight is 330 g/mol. The number of rotatable bonds is 3. The Morgan fingerprint density at radius 3 is 2.68 bits per heavy atom. The molecule has 0 spiro atoms. The average Bonchev–Trinajstić information content (AvgIpc) is 2.90. The molecule has 0 saturated carbocycles. The third-order valence-electron chi connectivity index (χ3n) is 3.70. The predicted octanol–water partition coefficient (Wildman–Crippen LogP) is -0.000000000000000278. The van der Waals surface area contributed by atoms with Crippen molar-refractivity contribution in [3.8, 4) is 5.75 Å². The Morgan fingerprint density at radius 1 is 1.18 bits per heavy atom. The molecule has 0 amide bonds. The van der Waals surface area contributed by atoms with Crippen molar-refractivity contribution in [1.29, 1.82) is 0 Å². The van der Waals surface area contributed by atoms with E-state index in [0.29, 0.717) is 10.8 Å². The zero-order valence-corrected chi connectivity index (χ0v) is 12.1. The molecule has 1 saturated heterocycles. The highest BCUT2D eigenvalue weighted by molar-refractivity contribution is 6.31. The zero-order chi connectivity index (χ0) is 15.9. The minimum Gasteiger partial charge on any atom is -0.460 e. The molecule has 7 nitrogen and oxygen atoms in total. The van der Waals surface area contributed by atoms with Gasteiger partial charge >= 0.3 is 0 Å². The van der Waals surface area contributed by atoms with Crippen molar-refractivity contribution in [2.24, 2.45) is 0 Å². The minimum atomic E-state index is -1.48. The maximum absolute atomic E-state index is 9.96. The fraction of sp³-hybridized carbons (Fsp3) is 0.429. The highest BCUT2D eigenvalue weighted by atomic mass is 35.5. The van der Waals surface area contributed by atoms with E-state index in [9.17, 15) is 15.3 Å². The van der Waals surface area contributed by atoms with Crippen LogP contribution in [0.15, 0.2) is 24.4 Å². The van der Waals surface area contributed by atoms with Crippen LogP contribution in [0.25, 0.3) is 10.9 Å². The minimum absolute atomic E-state index is 0.399. The lowest BCUT2D eigenvalue weighted by molar-refractivity contribution is -0.277. The van der Waals surface area contributed by atoms with E-state index in [1.807, 2.05) is 0 Å². The van der Waals surface area contributed by atoms with Crippen molar-refractivity contribution >= 4 is 22.5 Å². The third kappa shape index (κ3) is 2.67. The van der Waals surface area contributed by atoms with Crippen LogP contribution in [0.2, 0.25) is 5.02 Å². The van der Waals surface area contributed by atoms with Crippen molar-refractivity contribution in [2.75, 3.05) is 6.61 Å². The molecule has 3 rings (SSSR count). The number of hydrogen-bond donors (Lipinski definition) is 5. The number of halogens is 1. The van der Waals surface area contributed by atoms with E-state index in [1.165, 1.54) is 0 Å². The second-order valence-electron chi connectivity index (χ2n) is 5.16. The summed E-state index contributed by atoms with van der Waals surface area (Å²) in [5.41, 5.74) is 0.743. The van der Waals surface area contributed by atoms with Crippen LogP contribution in [0.1, 0.15) is 0 Å². The van der Waals surface area contributed by atoms with E-state index in [0.717, 1.165) is 10.9 Å². The lowest BCUT2D eigenvalue weighted by atomic mass is 9.99. The van der Waals surface area contributed by atoms with Crippen LogP contribution < -0.4 is 4.74 Å². The summed E-state index contributed by atoms with van der Waals surface area (Å²) in [5.74, 6) is 0.399. The summed E-state index contributed by atoms with van der Waals surface area (Å²) in [7, 11) is 0. The topological polar surface area (TPSA) is 115 Å². The van der Waals surface area contributed by atoms with E-state index in [1.54, 1.807) is 24.4 Å². The van der Waals surface area contributed by atoms with Gasteiger partial charge in [-0.3, -0.25) is 0 Å². The molecule has 1 aliphatic rings. The van der Waals surface area contributed by atoms with Crippen LogP contribution in [-0.4, -0.2) is 62.7 Å². The van der Waals surface area contributed by atoms with Gasteiger partial charge < -0.3 is 34.9 Å². The predicted molar refractivity (Wildman–Crippen MR) is 77.7 cm³/mol. The summed E-state index contributed by atoms with van der Waals surface area (Å²) in [6, 6.07) is 5.16. The highest BCUT2D eigenvalue weighted by Crippen LogP contribution is 2.31. The normalized spacial score (nSPS) is 32.3. The number of nitrogens with one attached hydrogen (secondary N) is 1. The van der Waals surface area contributed by atoms with Crippen LogP contribution in [0.4, 0.5) is 0 Å². The molecule has 22 heavy (non-hydrogen) atoms. The fourth-order valence-electron chi connectivity index (χ4n) is 2.46. The summed E-state index contributed by atoms with van der Waals surface area (Å²) in [5, 5.41) is 39.9. The molecule has 2 heterocycles. The molecule has 0 radical (unpaired) electrons. The molecule has 2 aromatic rings. The van der Waals surface area contributed by atoms with Gasteiger partial charge in [0.25, 0.3) is 0 Å². The van der Waals surface area contributed by atoms with E-state index in [2.05, 4.69) is 4.98 Å². The number of aromatic amines is 1. The van der Waals surface area contributed by atoms with Crippen molar-refractivity contribution in [1.82, 2.24) is 4.98 Å². The van der Waals surface area contributed by atoms with E-state index >= 15 is 0 Å². The number of hydrogen-bond acceptors (Lipinski definition) is 6. The second-order valence-corrected chi connectivity index (χ2v) is 5.59. The zero-order valence-electron chi connectivity index (χ0n) is 11.4. The van der Waals surface area contributed by atoms with Crippen molar-refractivity contribution in [3.63, 3.8) is 0 Å². The molecular formula is C14H16ClNO6. The number of benzene rings is 1. The summed E-state index contributed by atoms with van der Waals surface area (Å²) < 4.78 is 10.9. The molecule has 1 aliphatic heterocycles. The molecule has 0 bridgehead atoms. The van der Waals surface area contributed by atoms with Crippen LogP contribution in [0, 0.1) is 0 Å². The third-order valence-corrected chi connectivity index (χ3v) is 3.93. The molecule has 0 unspecified atom stereocenters. The fourth-order valence-corrected chi connectivity index (χ4v) is 2.63. The molecule has 5 atom stereocenters. The van der Waals surface area contributed by atoms with Gasteiger partial charge in [0.2, 0.25) is 6.29 Å². The van der Waals surface area contributed by atoms with Crippen LogP contribution in [0.3, 0.4) is 0 Å². The smallest absolute Gasteiger partial charge is 0.229 e. The van der Waals surface area contributed by atoms with Gasteiger partial charge in [0.05, 0.1) is 12.1 Å². The summed E-state index contributed by atoms with van der Waals surface area (Å²) in [4.78, 5) is 2.97. The van der Waals surface area contributed by atoms with Gasteiger partial charge in [-0.1, -0.05) is 11.6 Å². The Labute approximate surface area is 130 Å². The van der Waals surface area contributed by atoms with Crippen LogP contribution >= 0.6 is 11.6 Å². The van der Waals surface area contributed by atoms with Crippen molar-refractivity contribution in [2.45, 2.75) is 30.7 Å². The first-order valence-corrected chi connectivity index (χ1v) is 7.13. The Kier molecular flexibility index (Phi) is 4.26. The molecule has 1 aromatic heterocycles. The molecule has 5 N–H and O–H groups in total. The van der Waals surface area contributed by atoms with E-state index in [-0.39, 0.29) is 0 Å². The largest absolute Gasteiger partial charge is 0.460 e. The Bertz CT molecular complexity index is 660. The number of H-pyrrole nitrogens is 1. The van der Waals surface area contributed by atoms with Crippen molar-refractivity contribution < 1.29 is 29.9 Å².